The number of hydrogen-bond donors (Lipinski definition) is 1. The molecule has 1 aromatic rings. The molecular formula is C15H23FN2O2S. The molecule has 6 heteroatoms. The zero-order valence-electron chi connectivity index (χ0n) is 12.6. The standard InChI is InChI=1S/C15H23FN2O2S/c1-3-13-6-5-9-18(13)21(19,20)15-10-12(11-17-4-2)7-8-14(15)16/h7-8,10,13,17H,3-6,9,11H2,1-2H3. The molecule has 4 nitrogen and oxygen atoms in total. The zero-order chi connectivity index (χ0) is 15.5. The van der Waals surface area contributed by atoms with E-state index in [-0.39, 0.29) is 10.9 Å². The molecule has 21 heavy (non-hydrogen) atoms. The smallest absolute Gasteiger partial charge is 0.246 e. The van der Waals surface area contributed by atoms with Gasteiger partial charge in [-0.05, 0) is 43.5 Å². The van der Waals surface area contributed by atoms with E-state index in [0.717, 1.165) is 31.4 Å². The molecule has 0 radical (unpaired) electrons. The van der Waals surface area contributed by atoms with Crippen LogP contribution < -0.4 is 5.32 Å². The van der Waals surface area contributed by atoms with Crippen LogP contribution in [-0.2, 0) is 16.6 Å². The van der Waals surface area contributed by atoms with Gasteiger partial charge in [0, 0.05) is 19.1 Å². The second-order valence-electron chi connectivity index (χ2n) is 5.37. The van der Waals surface area contributed by atoms with Crippen LogP contribution in [0.1, 0.15) is 38.7 Å². The van der Waals surface area contributed by atoms with Crippen molar-refractivity contribution in [3.8, 4) is 0 Å². The average molecular weight is 314 g/mol. The van der Waals surface area contributed by atoms with Crippen LogP contribution in [0.3, 0.4) is 0 Å². The van der Waals surface area contributed by atoms with Crippen LogP contribution in [0.15, 0.2) is 23.1 Å². The van der Waals surface area contributed by atoms with E-state index in [9.17, 15) is 12.8 Å². The van der Waals surface area contributed by atoms with Gasteiger partial charge < -0.3 is 5.32 Å². The Morgan fingerprint density at radius 3 is 2.81 bits per heavy atom. The van der Waals surface area contributed by atoms with Crippen LogP contribution in [0.4, 0.5) is 4.39 Å². The minimum atomic E-state index is -3.75. The summed E-state index contributed by atoms with van der Waals surface area (Å²) in [5, 5.41) is 3.12. The third kappa shape index (κ3) is 3.44. The molecule has 0 aromatic heterocycles. The minimum Gasteiger partial charge on any atom is -0.313 e. The van der Waals surface area contributed by atoms with Crippen molar-refractivity contribution in [1.82, 2.24) is 9.62 Å². The fourth-order valence-corrected chi connectivity index (χ4v) is 4.67. The summed E-state index contributed by atoms with van der Waals surface area (Å²) >= 11 is 0. The molecule has 0 bridgehead atoms. The van der Waals surface area contributed by atoms with Gasteiger partial charge in [-0.1, -0.05) is 19.9 Å². The molecule has 1 saturated heterocycles. The first kappa shape index (κ1) is 16.4. The molecule has 2 rings (SSSR count). The highest BCUT2D eigenvalue weighted by atomic mass is 32.2. The van der Waals surface area contributed by atoms with Crippen LogP contribution in [0.2, 0.25) is 0 Å². The third-order valence-electron chi connectivity index (χ3n) is 3.96. The van der Waals surface area contributed by atoms with E-state index in [0.29, 0.717) is 13.1 Å². The Hall–Kier alpha value is -0.980. The summed E-state index contributed by atoms with van der Waals surface area (Å²) in [5.41, 5.74) is 0.782. The van der Waals surface area contributed by atoms with Crippen molar-refractivity contribution >= 4 is 10.0 Å². The molecular weight excluding hydrogens is 291 g/mol. The van der Waals surface area contributed by atoms with E-state index in [4.69, 9.17) is 0 Å². The van der Waals surface area contributed by atoms with E-state index in [1.807, 2.05) is 13.8 Å². The molecule has 1 unspecified atom stereocenters. The number of nitrogens with zero attached hydrogens (tertiary/aromatic N) is 1. The largest absolute Gasteiger partial charge is 0.313 e. The lowest BCUT2D eigenvalue weighted by Gasteiger charge is -2.23. The van der Waals surface area contributed by atoms with Gasteiger partial charge in [-0.2, -0.15) is 4.31 Å². The Morgan fingerprint density at radius 2 is 2.14 bits per heavy atom. The number of rotatable bonds is 6. The van der Waals surface area contributed by atoms with Crippen molar-refractivity contribution in [2.24, 2.45) is 0 Å². The molecule has 1 aliphatic rings. The average Bonchev–Trinajstić information content (AvgIpc) is 2.95. The van der Waals surface area contributed by atoms with Crippen molar-refractivity contribution in [3.05, 3.63) is 29.6 Å². The lowest BCUT2D eigenvalue weighted by Crippen LogP contribution is -2.35. The van der Waals surface area contributed by atoms with Crippen LogP contribution >= 0.6 is 0 Å². The van der Waals surface area contributed by atoms with Crippen molar-refractivity contribution in [2.45, 2.75) is 50.6 Å². The monoisotopic (exact) mass is 314 g/mol. The molecule has 1 fully saturated rings. The van der Waals surface area contributed by atoms with Gasteiger partial charge in [0.2, 0.25) is 10.0 Å². The summed E-state index contributed by atoms with van der Waals surface area (Å²) < 4.78 is 40.9. The normalized spacial score (nSPS) is 20.0. The molecule has 1 N–H and O–H groups in total. The predicted molar refractivity (Wildman–Crippen MR) is 81.0 cm³/mol. The van der Waals surface area contributed by atoms with Gasteiger partial charge >= 0.3 is 0 Å². The number of halogens is 1. The van der Waals surface area contributed by atoms with Gasteiger partial charge in [0.25, 0.3) is 0 Å². The second-order valence-corrected chi connectivity index (χ2v) is 7.22. The molecule has 1 atom stereocenters. The van der Waals surface area contributed by atoms with Crippen LogP contribution in [0.25, 0.3) is 0 Å². The highest BCUT2D eigenvalue weighted by Gasteiger charge is 2.35. The highest BCUT2D eigenvalue weighted by molar-refractivity contribution is 7.89. The Balaban J connectivity index is 2.34. The molecule has 1 heterocycles. The predicted octanol–water partition coefficient (Wildman–Crippen LogP) is 2.50. The summed E-state index contributed by atoms with van der Waals surface area (Å²) in [5.74, 6) is -0.669. The molecule has 0 saturated carbocycles. The third-order valence-corrected chi connectivity index (χ3v) is 5.92. The summed E-state index contributed by atoms with van der Waals surface area (Å²) in [7, 11) is -3.75. The molecule has 0 amide bonds. The van der Waals surface area contributed by atoms with Gasteiger partial charge in [0.1, 0.15) is 10.7 Å². The van der Waals surface area contributed by atoms with Crippen molar-refractivity contribution in [2.75, 3.05) is 13.1 Å². The zero-order valence-corrected chi connectivity index (χ0v) is 13.4. The van der Waals surface area contributed by atoms with E-state index < -0.39 is 15.8 Å². The van der Waals surface area contributed by atoms with Gasteiger partial charge in [-0.3, -0.25) is 0 Å². The van der Waals surface area contributed by atoms with Crippen LogP contribution in [0.5, 0.6) is 0 Å². The van der Waals surface area contributed by atoms with Crippen molar-refractivity contribution < 1.29 is 12.8 Å². The summed E-state index contributed by atoms with van der Waals surface area (Å²) in [4.78, 5) is -0.196. The summed E-state index contributed by atoms with van der Waals surface area (Å²) in [6.45, 7) is 5.74. The highest BCUT2D eigenvalue weighted by Crippen LogP contribution is 2.29. The van der Waals surface area contributed by atoms with Gasteiger partial charge in [-0.15, -0.1) is 0 Å². The Morgan fingerprint density at radius 1 is 1.38 bits per heavy atom. The van der Waals surface area contributed by atoms with Crippen molar-refractivity contribution in [3.63, 3.8) is 0 Å². The summed E-state index contributed by atoms with van der Waals surface area (Å²) in [6, 6.07) is 4.32. The van der Waals surface area contributed by atoms with E-state index in [1.54, 1.807) is 6.07 Å². The number of benzene rings is 1. The van der Waals surface area contributed by atoms with Crippen LogP contribution in [-0.4, -0.2) is 31.9 Å². The van der Waals surface area contributed by atoms with Crippen molar-refractivity contribution in [1.29, 1.82) is 0 Å². The molecule has 1 aliphatic heterocycles. The van der Waals surface area contributed by atoms with Gasteiger partial charge in [-0.25, -0.2) is 12.8 Å². The lowest BCUT2D eigenvalue weighted by atomic mass is 10.2. The fourth-order valence-electron chi connectivity index (χ4n) is 2.78. The lowest BCUT2D eigenvalue weighted by molar-refractivity contribution is 0.377. The van der Waals surface area contributed by atoms with Crippen LogP contribution in [0, 0.1) is 5.82 Å². The molecule has 1 aromatic carbocycles. The van der Waals surface area contributed by atoms with E-state index >= 15 is 0 Å². The number of nitrogens with one attached hydrogen (secondary N) is 1. The number of hydrogen-bond acceptors (Lipinski definition) is 3. The second kappa shape index (κ2) is 6.85. The van der Waals surface area contributed by atoms with Gasteiger partial charge in [0.05, 0.1) is 0 Å². The Labute approximate surface area is 126 Å². The molecule has 0 spiro atoms. The molecule has 118 valence electrons. The first-order valence-corrected chi connectivity index (χ1v) is 8.95. The first-order valence-electron chi connectivity index (χ1n) is 7.51. The minimum absolute atomic E-state index is 0.00757. The van der Waals surface area contributed by atoms with E-state index in [1.165, 1.54) is 16.4 Å². The number of sulfonamides is 1. The summed E-state index contributed by atoms with van der Waals surface area (Å²) in [6.07, 6.45) is 2.46. The SMILES string of the molecule is CCNCc1ccc(F)c(S(=O)(=O)N2CCCC2CC)c1. The molecule has 0 aliphatic carbocycles. The maximum atomic E-state index is 14.0. The fraction of sp³-hybridized carbons (Fsp3) is 0.600. The Bertz CT molecular complexity index is 589. The maximum Gasteiger partial charge on any atom is 0.246 e. The van der Waals surface area contributed by atoms with E-state index in [2.05, 4.69) is 5.32 Å². The van der Waals surface area contributed by atoms with Gasteiger partial charge in [0.15, 0.2) is 0 Å². The Kier molecular flexibility index (Phi) is 5.35. The topological polar surface area (TPSA) is 49.4 Å². The quantitative estimate of drug-likeness (QED) is 0.877. The first-order chi connectivity index (χ1) is 10.0. The maximum absolute atomic E-state index is 14.0.